The molecule has 0 saturated heterocycles. The van der Waals surface area contributed by atoms with Crippen molar-refractivity contribution in [1.82, 2.24) is 14.3 Å². The molecule has 2 heterocycles. The van der Waals surface area contributed by atoms with Crippen molar-refractivity contribution >= 4 is 11.8 Å². The Hall–Kier alpha value is -2.64. The van der Waals surface area contributed by atoms with E-state index in [-0.39, 0.29) is 12.6 Å². The minimum Gasteiger partial charge on any atom is -0.461 e. The van der Waals surface area contributed by atoms with Crippen molar-refractivity contribution in [1.29, 1.82) is 0 Å². The van der Waals surface area contributed by atoms with Gasteiger partial charge in [-0.2, -0.15) is 0 Å². The number of hydrogen-bond donors (Lipinski definition) is 0. The molecule has 22 heavy (non-hydrogen) atoms. The van der Waals surface area contributed by atoms with Crippen LogP contribution in [0.1, 0.15) is 25.8 Å². The van der Waals surface area contributed by atoms with Gasteiger partial charge >= 0.3 is 11.7 Å². The SMILES string of the molecule is CCOC(=O)C(=O)Cn1nc(-c2ccco2)n(C2CC2)c1=O. The first kappa shape index (κ1) is 14.3. The number of furan rings is 1. The highest BCUT2D eigenvalue weighted by Crippen LogP contribution is 2.36. The molecule has 1 saturated carbocycles. The molecule has 0 radical (unpaired) electrons. The lowest BCUT2D eigenvalue weighted by molar-refractivity contribution is -0.153. The van der Waals surface area contributed by atoms with Crippen molar-refractivity contribution in [3.63, 3.8) is 0 Å². The van der Waals surface area contributed by atoms with Crippen molar-refractivity contribution in [2.24, 2.45) is 0 Å². The zero-order chi connectivity index (χ0) is 15.7. The van der Waals surface area contributed by atoms with Gasteiger partial charge in [-0.3, -0.25) is 9.36 Å². The molecule has 0 atom stereocenters. The molecule has 0 N–H and O–H groups in total. The quantitative estimate of drug-likeness (QED) is 0.578. The monoisotopic (exact) mass is 305 g/mol. The molecule has 0 amide bonds. The summed E-state index contributed by atoms with van der Waals surface area (Å²) in [5.74, 6) is -0.953. The van der Waals surface area contributed by atoms with Gasteiger partial charge in [0, 0.05) is 6.04 Å². The summed E-state index contributed by atoms with van der Waals surface area (Å²) in [4.78, 5) is 35.5. The molecule has 1 fully saturated rings. The van der Waals surface area contributed by atoms with E-state index in [2.05, 4.69) is 9.84 Å². The number of aromatic nitrogens is 3. The molecule has 8 heteroatoms. The van der Waals surface area contributed by atoms with Gasteiger partial charge in [-0.1, -0.05) is 0 Å². The first-order valence-electron chi connectivity index (χ1n) is 7.05. The second-order valence-corrected chi connectivity index (χ2v) is 4.99. The van der Waals surface area contributed by atoms with Crippen molar-refractivity contribution in [2.45, 2.75) is 32.4 Å². The number of ether oxygens (including phenoxy) is 1. The molecule has 2 aromatic heterocycles. The minimum atomic E-state index is -0.963. The summed E-state index contributed by atoms with van der Waals surface area (Å²) >= 11 is 0. The van der Waals surface area contributed by atoms with E-state index in [1.807, 2.05) is 0 Å². The number of ketones is 1. The maximum atomic E-state index is 12.4. The lowest BCUT2D eigenvalue weighted by Crippen LogP contribution is -2.31. The summed E-state index contributed by atoms with van der Waals surface area (Å²) in [6.07, 6.45) is 3.25. The Kier molecular flexibility index (Phi) is 3.66. The van der Waals surface area contributed by atoms with Crippen LogP contribution in [0, 0.1) is 0 Å². The number of nitrogens with zero attached hydrogens (tertiary/aromatic N) is 3. The Morgan fingerprint density at radius 2 is 2.23 bits per heavy atom. The number of Topliss-reactive ketones (excluding diaryl/α,β-unsaturated/α-hetero) is 1. The topological polar surface area (TPSA) is 96.3 Å². The summed E-state index contributed by atoms with van der Waals surface area (Å²) in [5.41, 5.74) is -0.424. The van der Waals surface area contributed by atoms with Crippen LogP contribution in [0.3, 0.4) is 0 Å². The van der Waals surface area contributed by atoms with E-state index in [0.29, 0.717) is 11.6 Å². The number of esters is 1. The Balaban J connectivity index is 1.93. The Morgan fingerprint density at radius 1 is 1.45 bits per heavy atom. The molecule has 0 spiro atoms. The molecule has 0 aliphatic heterocycles. The first-order valence-corrected chi connectivity index (χ1v) is 7.05. The van der Waals surface area contributed by atoms with Crippen LogP contribution >= 0.6 is 0 Å². The molecule has 1 aliphatic rings. The standard InChI is InChI=1S/C14H15N3O5/c1-2-21-13(19)10(18)8-16-14(20)17(9-5-6-9)12(15-16)11-4-3-7-22-11/h3-4,7,9H,2,5-6,8H2,1H3. The fraction of sp³-hybridized carbons (Fsp3) is 0.429. The summed E-state index contributed by atoms with van der Waals surface area (Å²) in [6, 6.07) is 3.46. The zero-order valence-electron chi connectivity index (χ0n) is 12.0. The van der Waals surface area contributed by atoms with Gasteiger partial charge in [0.25, 0.3) is 5.78 Å². The average Bonchev–Trinajstić information content (AvgIpc) is 3.07. The van der Waals surface area contributed by atoms with E-state index in [4.69, 9.17) is 4.42 Å². The number of carbonyl (C=O) groups is 2. The van der Waals surface area contributed by atoms with Crippen molar-refractivity contribution in [2.75, 3.05) is 6.61 Å². The van der Waals surface area contributed by atoms with Crippen LogP contribution in [-0.4, -0.2) is 32.7 Å². The third-order valence-electron chi connectivity index (χ3n) is 3.32. The normalized spacial score (nSPS) is 14.0. The van der Waals surface area contributed by atoms with E-state index in [0.717, 1.165) is 17.5 Å². The van der Waals surface area contributed by atoms with Gasteiger partial charge in [0.15, 0.2) is 5.76 Å². The minimum absolute atomic E-state index is 0.0686. The summed E-state index contributed by atoms with van der Waals surface area (Å²) in [6.45, 7) is 1.27. The summed E-state index contributed by atoms with van der Waals surface area (Å²) in [5, 5.41) is 4.14. The van der Waals surface area contributed by atoms with Gasteiger partial charge < -0.3 is 9.15 Å². The fourth-order valence-corrected chi connectivity index (χ4v) is 2.17. The predicted molar refractivity (Wildman–Crippen MR) is 74.1 cm³/mol. The summed E-state index contributed by atoms with van der Waals surface area (Å²) in [7, 11) is 0. The largest absolute Gasteiger partial charge is 0.461 e. The third kappa shape index (κ3) is 2.59. The molecule has 116 valence electrons. The van der Waals surface area contributed by atoms with Gasteiger partial charge in [-0.25, -0.2) is 14.3 Å². The van der Waals surface area contributed by atoms with Crippen molar-refractivity contribution < 1.29 is 18.7 Å². The van der Waals surface area contributed by atoms with Gasteiger partial charge in [0.2, 0.25) is 5.82 Å². The molecule has 0 unspecified atom stereocenters. The smallest absolute Gasteiger partial charge is 0.376 e. The predicted octanol–water partition coefficient (Wildman–Crippen LogP) is 0.772. The molecule has 0 bridgehead atoms. The Morgan fingerprint density at radius 3 is 2.82 bits per heavy atom. The molecular weight excluding hydrogens is 290 g/mol. The van der Waals surface area contributed by atoms with Crippen LogP contribution in [0.4, 0.5) is 0 Å². The maximum Gasteiger partial charge on any atom is 0.376 e. The number of rotatable bonds is 6. The van der Waals surface area contributed by atoms with Crippen molar-refractivity contribution in [3.05, 3.63) is 28.9 Å². The van der Waals surface area contributed by atoms with Crippen LogP contribution in [0.5, 0.6) is 0 Å². The van der Waals surface area contributed by atoms with E-state index in [1.54, 1.807) is 19.1 Å². The second kappa shape index (κ2) is 5.63. The molecule has 8 nitrogen and oxygen atoms in total. The summed E-state index contributed by atoms with van der Waals surface area (Å²) < 4.78 is 12.4. The molecule has 1 aliphatic carbocycles. The molecule has 0 aromatic carbocycles. The van der Waals surface area contributed by atoms with Gasteiger partial charge in [0.1, 0.15) is 6.54 Å². The van der Waals surface area contributed by atoms with Crippen LogP contribution < -0.4 is 5.69 Å². The second-order valence-electron chi connectivity index (χ2n) is 4.99. The fourth-order valence-electron chi connectivity index (χ4n) is 2.17. The van der Waals surface area contributed by atoms with Crippen LogP contribution in [-0.2, 0) is 20.9 Å². The van der Waals surface area contributed by atoms with Crippen LogP contribution in [0.15, 0.2) is 27.6 Å². The Bertz CT molecular complexity index is 752. The highest BCUT2D eigenvalue weighted by molar-refractivity contribution is 6.33. The molecule has 3 rings (SSSR count). The van der Waals surface area contributed by atoms with E-state index in [9.17, 15) is 14.4 Å². The van der Waals surface area contributed by atoms with Crippen LogP contribution in [0.2, 0.25) is 0 Å². The highest BCUT2D eigenvalue weighted by Gasteiger charge is 2.32. The molecule has 2 aromatic rings. The molecular formula is C14H15N3O5. The van der Waals surface area contributed by atoms with Gasteiger partial charge in [0.05, 0.1) is 12.9 Å². The first-order chi connectivity index (χ1) is 10.6. The third-order valence-corrected chi connectivity index (χ3v) is 3.32. The number of hydrogen-bond acceptors (Lipinski definition) is 6. The lowest BCUT2D eigenvalue weighted by Gasteiger charge is -2.00. The van der Waals surface area contributed by atoms with Crippen LogP contribution in [0.25, 0.3) is 11.6 Å². The van der Waals surface area contributed by atoms with Crippen molar-refractivity contribution in [3.8, 4) is 11.6 Å². The van der Waals surface area contributed by atoms with E-state index >= 15 is 0 Å². The van der Waals surface area contributed by atoms with Gasteiger partial charge in [-0.15, -0.1) is 5.10 Å². The van der Waals surface area contributed by atoms with Gasteiger partial charge in [-0.05, 0) is 31.9 Å². The maximum absolute atomic E-state index is 12.4. The Labute approximate surface area is 125 Å². The zero-order valence-corrected chi connectivity index (χ0v) is 12.0. The average molecular weight is 305 g/mol. The highest BCUT2D eigenvalue weighted by atomic mass is 16.5. The number of carbonyl (C=O) groups excluding carboxylic acids is 2. The van der Waals surface area contributed by atoms with E-state index in [1.165, 1.54) is 10.8 Å². The van der Waals surface area contributed by atoms with E-state index < -0.39 is 24.0 Å². The lowest BCUT2D eigenvalue weighted by atomic mass is 10.4.